The van der Waals surface area contributed by atoms with Crippen molar-refractivity contribution in [2.24, 2.45) is 0 Å². The van der Waals surface area contributed by atoms with Gasteiger partial charge in [0.15, 0.2) is 11.8 Å². The van der Waals surface area contributed by atoms with Gasteiger partial charge in [-0.25, -0.2) is 5.10 Å². The van der Waals surface area contributed by atoms with Crippen LogP contribution in [-0.2, 0) is 11.2 Å². The number of carbonyl (C=O) groups is 1. The number of fused-ring (bicyclic) bond motifs is 1. The predicted molar refractivity (Wildman–Crippen MR) is 100 cm³/mol. The van der Waals surface area contributed by atoms with Crippen LogP contribution in [0.4, 0.5) is 0 Å². The van der Waals surface area contributed by atoms with Crippen molar-refractivity contribution < 1.29 is 14.1 Å². The van der Waals surface area contributed by atoms with E-state index in [4.69, 9.17) is 4.42 Å². The van der Waals surface area contributed by atoms with Gasteiger partial charge in [-0.3, -0.25) is 9.59 Å². The molecule has 4 rings (SSSR count). The first kappa shape index (κ1) is 17.5. The number of aromatic nitrogens is 2. The molecule has 0 spiro atoms. The summed E-state index contributed by atoms with van der Waals surface area (Å²) in [6, 6.07) is 11.2. The third kappa shape index (κ3) is 3.78. The minimum atomic E-state index is -0.245. The van der Waals surface area contributed by atoms with Crippen molar-refractivity contribution in [1.82, 2.24) is 15.5 Å². The molecule has 1 saturated heterocycles. The van der Waals surface area contributed by atoms with E-state index in [-0.39, 0.29) is 23.9 Å². The van der Waals surface area contributed by atoms with Gasteiger partial charge in [0.1, 0.15) is 0 Å². The molecule has 3 aromatic rings. The minimum Gasteiger partial charge on any atom is -0.463 e. The zero-order valence-electron chi connectivity index (χ0n) is 15.0. The van der Waals surface area contributed by atoms with Crippen LogP contribution in [0.3, 0.4) is 0 Å². The lowest BCUT2D eigenvalue weighted by atomic mass is 10.1. The average molecular weight is 367 g/mol. The molecule has 140 valence electrons. The Morgan fingerprint density at radius 2 is 1.96 bits per heavy atom. The van der Waals surface area contributed by atoms with Crippen molar-refractivity contribution in [2.45, 2.75) is 25.3 Å². The minimum absolute atomic E-state index is 0.116. The first-order valence-corrected chi connectivity index (χ1v) is 9.33. The zero-order chi connectivity index (χ0) is 18.6. The number of nitrogens with zero attached hydrogens (tertiary/aromatic N) is 1. The highest BCUT2D eigenvalue weighted by Gasteiger charge is 2.29. The van der Waals surface area contributed by atoms with E-state index in [2.05, 4.69) is 15.5 Å². The standard InChI is InChI=1S/C20H22N4O3/c25-19(12-16-14-6-1-2-7-15(14)20(26)23-22-16)21-13-17(18-8-5-11-27-18)24-9-3-4-10-24/h1-2,5-8,11,17H,3-4,9-10,12-13H2,(H,21,25)(H,23,26)/p+1/t17-/m0/s1. The number of benzene rings is 1. The topological polar surface area (TPSA) is 92.4 Å². The summed E-state index contributed by atoms with van der Waals surface area (Å²) >= 11 is 0. The van der Waals surface area contributed by atoms with Crippen molar-refractivity contribution in [3.05, 3.63) is 64.5 Å². The van der Waals surface area contributed by atoms with Crippen molar-refractivity contribution in [1.29, 1.82) is 0 Å². The molecule has 0 bridgehead atoms. The molecule has 7 nitrogen and oxygen atoms in total. The van der Waals surface area contributed by atoms with Crippen LogP contribution in [0.2, 0.25) is 0 Å². The second-order valence-corrected chi connectivity index (χ2v) is 6.96. The molecule has 3 N–H and O–H groups in total. The molecule has 2 aromatic heterocycles. The van der Waals surface area contributed by atoms with Crippen LogP contribution in [0.5, 0.6) is 0 Å². The fourth-order valence-corrected chi connectivity index (χ4v) is 3.85. The number of H-pyrrole nitrogens is 1. The Hall–Kier alpha value is -2.93. The monoisotopic (exact) mass is 367 g/mol. The van der Waals surface area contributed by atoms with Crippen LogP contribution in [-0.4, -0.2) is 35.7 Å². The molecule has 1 amide bonds. The summed E-state index contributed by atoms with van der Waals surface area (Å²) in [5.41, 5.74) is 0.330. The fraction of sp³-hybridized carbons (Fsp3) is 0.350. The molecule has 1 aliphatic heterocycles. The molecule has 0 unspecified atom stereocenters. The van der Waals surface area contributed by atoms with E-state index in [1.54, 1.807) is 18.4 Å². The van der Waals surface area contributed by atoms with Gasteiger partial charge in [0.2, 0.25) is 5.91 Å². The van der Waals surface area contributed by atoms with Gasteiger partial charge in [-0.05, 0) is 18.2 Å². The van der Waals surface area contributed by atoms with E-state index in [0.717, 1.165) is 18.8 Å². The van der Waals surface area contributed by atoms with E-state index in [1.165, 1.54) is 17.7 Å². The van der Waals surface area contributed by atoms with Crippen molar-refractivity contribution in [2.75, 3.05) is 19.6 Å². The molecule has 1 atom stereocenters. The largest absolute Gasteiger partial charge is 0.463 e. The molecule has 1 aromatic carbocycles. The number of quaternary nitrogens is 1. The summed E-state index contributed by atoms with van der Waals surface area (Å²) in [7, 11) is 0. The first-order valence-electron chi connectivity index (χ1n) is 9.33. The van der Waals surface area contributed by atoms with Crippen LogP contribution in [0.15, 0.2) is 51.9 Å². The van der Waals surface area contributed by atoms with Crippen LogP contribution in [0, 0.1) is 0 Å². The molecule has 27 heavy (non-hydrogen) atoms. The maximum atomic E-state index is 12.5. The normalized spacial score (nSPS) is 15.9. The summed E-state index contributed by atoms with van der Waals surface area (Å²) in [6.45, 7) is 2.70. The fourth-order valence-electron chi connectivity index (χ4n) is 3.85. The molecular weight excluding hydrogens is 344 g/mol. The SMILES string of the molecule is O=C(Cc1n[nH]c(=O)c2ccccc12)NC[C@@H](c1ccco1)[NH+]1CCCC1. The summed E-state index contributed by atoms with van der Waals surface area (Å²) in [4.78, 5) is 25.9. The maximum absolute atomic E-state index is 12.5. The summed E-state index contributed by atoms with van der Waals surface area (Å²) in [5.74, 6) is 0.787. The quantitative estimate of drug-likeness (QED) is 0.595. The van der Waals surface area contributed by atoms with Crippen molar-refractivity contribution >= 4 is 16.7 Å². The van der Waals surface area contributed by atoms with Gasteiger partial charge in [-0.2, -0.15) is 5.10 Å². The number of furan rings is 1. The van der Waals surface area contributed by atoms with Gasteiger partial charge in [0.05, 0.1) is 43.4 Å². The van der Waals surface area contributed by atoms with Crippen LogP contribution < -0.4 is 15.8 Å². The highest BCUT2D eigenvalue weighted by molar-refractivity contribution is 5.88. The number of nitrogens with one attached hydrogen (secondary N) is 3. The zero-order valence-corrected chi connectivity index (χ0v) is 15.0. The lowest BCUT2D eigenvalue weighted by molar-refractivity contribution is -0.919. The number of rotatable bonds is 6. The summed E-state index contributed by atoms with van der Waals surface area (Å²) in [6.07, 6.45) is 4.20. The van der Waals surface area contributed by atoms with Gasteiger partial charge < -0.3 is 14.6 Å². The average Bonchev–Trinajstić information content (AvgIpc) is 3.39. The lowest BCUT2D eigenvalue weighted by Crippen LogP contribution is -3.11. The van der Waals surface area contributed by atoms with Gasteiger partial charge in [0, 0.05) is 18.2 Å². The molecule has 1 fully saturated rings. The number of likely N-dealkylation sites (tertiary alicyclic amines) is 1. The van der Waals surface area contributed by atoms with E-state index in [0.29, 0.717) is 23.0 Å². The molecule has 1 aliphatic rings. The Kier molecular flexibility index (Phi) is 5.02. The van der Waals surface area contributed by atoms with Crippen molar-refractivity contribution in [3.63, 3.8) is 0 Å². The smallest absolute Gasteiger partial charge is 0.272 e. The van der Waals surface area contributed by atoms with Crippen LogP contribution in [0.25, 0.3) is 10.8 Å². The second-order valence-electron chi connectivity index (χ2n) is 6.96. The predicted octanol–water partition coefficient (Wildman–Crippen LogP) is 0.595. The Morgan fingerprint density at radius 1 is 1.19 bits per heavy atom. The van der Waals surface area contributed by atoms with E-state index in [9.17, 15) is 9.59 Å². The van der Waals surface area contributed by atoms with Gasteiger partial charge in [0.25, 0.3) is 5.56 Å². The molecular formula is C20H23N4O3+. The molecule has 3 heterocycles. The van der Waals surface area contributed by atoms with Gasteiger partial charge in [-0.15, -0.1) is 0 Å². The van der Waals surface area contributed by atoms with E-state index < -0.39 is 0 Å². The number of aromatic amines is 1. The summed E-state index contributed by atoms with van der Waals surface area (Å²) in [5, 5.41) is 10.8. The Morgan fingerprint density at radius 3 is 2.70 bits per heavy atom. The summed E-state index contributed by atoms with van der Waals surface area (Å²) < 4.78 is 5.61. The lowest BCUT2D eigenvalue weighted by Gasteiger charge is -2.23. The number of carbonyl (C=O) groups excluding carboxylic acids is 1. The van der Waals surface area contributed by atoms with Crippen LogP contribution in [0.1, 0.15) is 30.3 Å². The molecule has 0 radical (unpaired) electrons. The Balaban J connectivity index is 1.46. The highest BCUT2D eigenvalue weighted by Crippen LogP contribution is 2.14. The van der Waals surface area contributed by atoms with E-state index >= 15 is 0 Å². The Labute approximate surface area is 156 Å². The van der Waals surface area contributed by atoms with Crippen LogP contribution >= 0.6 is 0 Å². The van der Waals surface area contributed by atoms with E-state index in [1.807, 2.05) is 24.3 Å². The van der Waals surface area contributed by atoms with Gasteiger partial charge >= 0.3 is 0 Å². The highest BCUT2D eigenvalue weighted by atomic mass is 16.3. The number of amides is 1. The van der Waals surface area contributed by atoms with Gasteiger partial charge in [-0.1, -0.05) is 18.2 Å². The molecule has 7 heteroatoms. The molecule has 0 aliphatic carbocycles. The first-order chi connectivity index (χ1) is 13.2. The number of hydrogen-bond acceptors (Lipinski definition) is 4. The van der Waals surface area contributed by atoms with Crippen molar-refractivity contribution in [3.8, 4) is 0 Å². The Bertz CT molecular complexity index is 974. The maximum Gasteiger partial charge on any atom is 0.272 e. The molecule has 0 saturated carbocycles. The second kappa shape index (κ2) is 7.75. The third-order valence-electron chi connectivity index (χ3n) is 5.23. The number of hydrogen-bond donors (Lipinski definition) is 3. The third-order valence-corrected chi connectivity index (χ3v) is 5.23.